The molecule has 2 aliphatic rings. The summed E-state index contributed by atoms with van der Waals surface area (Å²) in [6.07, 6.45) is 0.0852. The van der Waals surface area contributed by atoms with Crippen molar-refractivity contribution in [2.75, 3.05) is 0 Å². The molecule has 0 bridgehead atoms. The van der Waals surface area contributed by atoms with E-state index >= 15 is 8.78 Å². The van der Waals surface area contributed by atoms with E-state index in [1.807, 2.05) is 33.9 Å². The van der Waals surface area contributed by atoms with Gasteiger partial charge in [0.2, 0.25) is 0 Å². The Hall–Kier alpha value is -2.61. The van der Waals surface area contributed by atoms with Crippen molar-refractivity contribution in [1.82, 2.24) is 0 Å². The normalized spacial score (nSPS) is 21.4. The van der Waals surface area contributed by atoms with Gasteiger partial charge in [0.15, 0.2) is 8.32 Å². The molecule has 7 heteroatoms. The second-order valence-electron chi connectivity index (χ2n) is 11.0. The van der Waals surface area contributed by atoms with Crippen molar-refractivity contribution < 1.29 is 17.6 Å². The molecule has 3 nitrogen and oxygen atoms in total. The highest BCUT2D eigenvalue weighted by Crippen LogP contribution is 2.53. The molecule has 2 aromatic carbocycles. The highest BCUT2D eigenvalue weighted by Gasteiger charge is 2.54. The minimum atomic E-state index is -3.15. The Kier molecular flexibility index (Phi) is 5.95. The van der Waals surface area contributed by atoms with Crippen LogP contribution < -0.4 is 0 Å². The fraction of sp³-hybridized carbons (Fsp3) is 0.481. The van der Waals surface area contributed by atoms with E-state index in [0.29, 0.717) is 24.0 Å². The molecule has 0 radical (unpaired) electrons. The molecular weight excluding hydrogens is 453 g/mol. The van der Waals surface area contributed by atoms with Gasteiger partial charge in [0.25, 0.3) is 5.92 Å². The van der Waals surface area contributed by atoms with Gasteiger partial charge in [-0.05, 0) is 77.8 Å². The van der Waals surface area contributed by atoms with E-state index in [4.69, 9.17) is 4.43 Å². The number of alkyl halides is 2. The highest BCUT2D eigenvalue weighted by molar-refractivity contribution is 6.74. The molecule has 178 valence electrons. The van der Waals surface area contributed by atoms with Crippen LogP contribution in [0.25, 0.3) is 0 Å². The fourth-order valence-electron chi connectivity index (χ4n) is 5.10. The Bertz CT molecular complexity index is 1230. The zero-order valence-corrected chi connectivity index (χ0v) is 21.2. The maximum atomic E-state index is 15.6. The van der Waals surface area contributed by atoms with Gasteiger partial charge in [-0.1, -0.05) is 26.8 Å². The van der Waals surface area contributed by atoms with Gasteiger partial charge in [0.1, 0.15) is 11.9 Å². The Morgan fingerprint density at radius 2 is 1.74 bits per heavy atom. The molecule has 0 aliphatic heterocycles. The van der Waals surface area contributed by atoms with Gasteiger partial charge < -0.3 is 4.43 Å². The van der Waals surface area contributed by atoms with Crippen molar-refractivity contribution in [3.63, 3.8) is 0 Å². The number of nitriles is 2. The average molecular weight is 483 g/mol. The van der Waals surface area contributed by atoms with E-state index in [-0.39, 0.29) is 27.6 Å². The zero-order valence-electron chi connectivity index (χ0n) is 20.2. The van der Waals surface area contributed by atoms with Crippen LogP contribution in [0.4, 0.5) is 13.2 Å². The number of fused-ring (bicyclic) bond motifs is 2. The van der Waals surface area contributed by atoms with Crippen LogP contribution in [0.1, 0.15) is 84.6 Å². The Labute approximate surface area is 200 Å². The van der Waals surface area contributed by atoms with Gasteiger partial charge in [-0.3, -0.25) is 0 Å². The van der Waals surface area contributed by atoms with E-state index in [0.717, 1.165) is 17.5 Å². The van der Waals surface area contributed by atoms with Crippen LogP contribution in [0.2, 0.25) is 18.1 Å². The Morgan fingerprint density at radius 1 is 1.06 bits per heavy atom. The van der Waals surface area contributed by atoms with Gasteiger partial charge in [-0.15, -0.1) is 0 Å². The summed E-state index contributed by atoms with van der Waals surface area (Å²) >= 11 is 0. The topological polar surface area (TPSA) is 56.8 Å². The minimum Gasteiger partial charge on any atom is -0.404 e. The summed E-state index contributed by atoms with van der Waals surface area (Å²) in [5.74, 6) is -3.92. The van der Waals surface area contributed by atoms with E-state index in [1.165, 1.54) is 12.1 Å². The lowest BCUT2D eigenvalue weighted by molar-refractivity contribution is -0.0901. The lowest BCUT2D eigenvalue weighted by Crippen LogP contribution is -2.44. The maximum Gasteiger partial charge on any atom is 0.280 e. The summed E-state index contributed by atoms with van der Waals surface area (Å²) in [6.45, 7) is 9.85. The van der Waals surface area contributed by atoms with E-state index < -0.39 is 32.6 Å². The second kappa shape index (κ2) is 8.25. The van der Waals surface area contributed by atoms with Crippen LogP contribution in [0.5, 0.6) is 0 Å². The van der Waals surface area contributed by atoms with Crippen LogP contribution >= 0.6 is 0 Å². The third-order valence-electron chi connectivity index (χ3n) is 7.80. The van der Waals surface area contributed by atoms with Crippen molar-refractivity contribution in [3.05, 3.63) is 69.0 Å². The number of hydrogen-bond donors (Lipinski definition) is 0. The van der Waals surface area contributed by atoms with Crippen molar-refractivity contribution in [2.45, 2.75) is 82.5 Å². The molecule has 0 saturated heterocycles. The molecule has 2 atom stereocenters. The van der Waals surface area contributed by atoms with E-state index in [1.54, 1.807) is 12.1 Å². The third-order valence-corrected chi connectivity index (χ3v) is 12.2. The molecule has 0 fully saturated rings. The van der Waals surface area contributed by atoms with Crippen LogP contribution in [-0.2, 0) is 17.3 Å². The van der Waals surface area contributed by atoms with Crippen molar-refractivity contribution in [2.24, 2.45) is 0 Å². The summed E-state index contributed by atoms with van der Waals surface area (Å²) in [6, 6.07) is 10.2. The number of hydrogen-bond acceptors (Lipinski definition) is 3. The zero-order chi connectivity index (χ0) is 25.1. The van der Waals surface area contributed by atoms with Crippen LogP contribution in [0.15, 0.2) is 24.3 Å². The Balaban J connectivity index is 1.90. The van der Waals surface area contributed by atoms with Crippen LogP contribution in [0.3, 0.4) is 0 Å². The second-order valence-corrected chi connectivity index (χ2v) is 15.7. The van der Waals surface area contributed by atoms with Gasteiger partial charge in [0, 0.05) is 17.9 Å². The minimum absolute atomic E-state index is 0.204. The summed E-state index contributed by atoms with van der Waals surface area (Å²) in [5, 5.41) is 19.2. The number of nitrogens with zero attached hydrogens (tertiary/aromatic N) is 2. The van der Waals surface area contributed by atoms with E-state index in [9.17, 15) is 14.9 Å². The molecule has 0 amide bonds. The maximum absolute atomic E-state index is 15.6. The number of halogens is 3. The lowest BCUT2D eigenvalue weighted by Gasteiger charge is -2.40. The first-order valence-electron chi connectivity index (χ1n) is 11.6. The smallest absolute Gasteiger partial charge is 0.280 e. The molecular formula is C27H29F3N2OSi. The molecule has 0 N–H and O–H groups in total. The van der Waals surface area contributed by atoms with Crippen LogP contribution in [-0.4, -0.2) is 14.2 Å². The summed E-state index contributed by atoms with van der Waals surface area (Å²) in [7, 11) is -2.57. The number of benzene rings is 2. The highest BCUT2D eigenvalue weighted by atomic mass is 28.4. The first-order chi connectivity index (χ1) is 15.8. The SMILES string of the molecule is CC(C)(C)[Si](C)(C)OC1c2c(C#N)ccc(C3CCCc4cc(F)cc(C#N)c43)c2CC1(F)F. The summed E-state index contributed by atoms with van der Waals surface area (Å²) in [5.41, 5.74) is 3.34. The molecule has 34 heavy (non-hydrogen) atoms. The summed E-state index contributed by atoms with van der Waals surface area (Å²) in [4.78, 5) is 0. The summed E-state index contributed by atoms with van der Waals surface area (Å²) < 4.78 is 51.5. The first-order valence-corrected chi connectivity index (χ1v) is 14.6. The standard InChI is InChI=1S/C27H29F3N2OSi/c1-26(2,3)34(4,5)33-25-24-17(14-31)9-10-20(22(24)13-27(25,29)30)21-8-6-7-16-11-19(28)12-18(15-32)23(16)21/h9-12,21,25H,6-8,13H2,1-5H3. The molecule has 2 unspecified atom stereocenters. The number of rotatable bonds is 3. The molecule has 2 aromatic rings. The van der Waals surface area contributed by atoms with Gasteiger partial charge in [0.05, 0.1) is 23.3 Å². The quantitative estimate of drug-likeness (QED) is 0.432. The monoisotopic (exact) mass is 482 g/mol. The largest absolute Gasteiger partial charge is 0.404 e. The predicted octanol–water partition coefficient (Wildman–Crippen LogP) is 7.29. The van der Waals surface area contributed by atoms with Gasteiger partial charge >= 0.3 is 0 Å². The van der Waals surface area contributed by atoms with E-state index in [2.05, 4.69) is 12.1 Å². The van der Waals surface area contributed by atoms with Gasteiger partial charge in [-0.2, -0.15) is 10.5 Å². The molecule has 0 spiro atoms. The fourth-order valence-corrected chi connectivity index (χ4v) is 6.33. The van der Waals surface area contributed by atoms with Crippen molar-refractivity contribution >= 4 is 8.32 Å². The predicted molar refractivity (Wildman–Crippen MR) is 127 cm³/mol. The molecule has 0 aromatic heterocycles. The molecule has 4 rings (SSSR count). The molecule has 0 heterocycles. The molecule has 0 saturated carbocycles. The molecule has 2 aliphatic carbocycles. The first kappa shape index (κ1) is 24.5. The van der Waals surface area contributed by atoms with Crippen molar-refractivity contribution in [3.8, 4) is 12.1 Å². The van der Waals surface area contributed by atoms with Crippen LogP contribution in [0, 0.1) is 28.5 Å². The Morgan fingerprint density at radius 3 is 2.35 bits per heavy atom. The number of aryl methyl sites for hydroxylation is 1. The van der Waals surface area contributed by atoms with Gasteiger partial charge in [-0.25, -0.2) is 13.2 Å². The van der Waals surface area contributed by atoms with Crippen molar-refractivity contribution in [1.29, 1.82) is 10.5 Å². The lowest BCUT2D eigenvalue weighted by atomic mass is 9.75. The third kappa shape index (κ3) is 3.95. The average Bonchev–Trinajstić information content (AvgIpc) is 3.01.